The highest BCUT2D eigenvalue weighted by molar-refractivity contribution is 5.78. The molecule has 0 radical (unpaired) electrons. The van der Waals surface area contributed by atoms with Gasteiger partial charge in [0.25, 0.3) is 0 Å². The second-order valence-corrected chi connectivity index (χ2v) is 3.41. The van der Waals surface area contributed by atoms with Crippen molar-refractivity contribution in [1.82, 2.24) is 14.5 Å². The van der Waals surface area contributed by atoms with Crippen LogP contribution in [-0.4, -0.2) is 33.4 Å². The molecule has 0 spiro atoms. The van der Waals surface area contributed by atoms with Crippen LogP contribution in [-0.2, 0) is 18.3 Å². The van der Waals surface area contributed by atoms with Crippen molar-refractivity contribution in [2.45, 2.75) is 12.8 Å². The minimum atomic E-state index is 0.217. The van der Waals surface area contributed by atoms with Crippen molar-refractivity contribution in [2.75, 3.05) is 13.1 Å². The van der Waals surface area contributed by atoms with Crippen LogP contribution in [0.2, 0.25) is 0 Å². The summed E-state index contributed by atoms with van der Waals surface area (Å²) in [5.74, 6) is 0.217. The van der Waals surface area contributed by atoms with E-state index in [0.717, 1.165) is 25.2 Å². The van der Waals surface area contributed by atoms with Gasteiger partial charge in [0, 0.05) is 32.0 Å². The molecule has 1 aromatic rings. The van der Waals surface area contributed by atoms with Gasteiger partial charge in [-0.2, -0.15) is 0 Å². The minimum absolute atomic E-state index is 0.217. The summed E-state index contributed by atoms with van der Waals surface area (Å²) in [6.07, 6.45) is 5.10. The standard InChI is InChI=1S/C9H13N3O/c1-11-7-10-6-8(11)5-9(13)12-3-2-4-12/h6-7H,2-5H2,1H3. The van der Waals surface area contributed by atoms with Crippen LogP contribution in [0.1, 0.15) is 12.1 Å². The van der Waals surface area contributed by atoms with Crippen molar-refractivity contribution in [3.8, 4) is 0 Å². The fourth-order valence-electron chi connectivity index (χ4n) is 1.39. The molecule has 2 rings (SSSR count). The largest absolute Gasteiger partial charge is 0.342 e. The van der Waals surface area contributed by atoms with E-state index < -0.39 is 0 Å². The van der Waals surface area contributed by atoms with Gasteiger partial charge < -0.3 is 9.47 Å². The first-order valence-corrected chi connectivity index (χ1v) is 4.50. The molecule has 1 amide bonds. The van der Waals surface area contributed by atoms with Crippen molar-refractivity contribution in [1.29, 1.82) is 0 Å². The average Bonchev–Trinajstić information content (AvgIpc) is 2.32. The molecule has 0 bridgehead atoms. The van der Waals surface area contributed by atoms with Crippen LogP contribution < -0.4 is 0 Å². The topological polar surface area (TPSA) is 38.1 Å². The number of nitrogens with zero attached hydrogens (tertiary/aromatic N) is 3. The van der Waals surface area contributed by atoms with Crippen molar-refractivity contribution in [2.24, 2.45) is 7.05 Å². The molecule has 2 heterocycles. The highest BCUT2D eigenvalue weighted by atomic mass is 16.2. The third kappa shape index (κ3) is 1.56. The first kappa shape index (κ1) is 8.29. The molecule has 0 atom stereocenters. The lowest BCUT2D eigenvalue weighted by molar-refractivity contribution is -0.133. The Hall–Kier alpha value is -1.32. The van der Waals surface area contributed by atoms with Crippen LogP contribution >= 0.6 is 0 Å². The quantitative estimate of drug-likeness (QED) is 0.650. The number of carbonyl (C=O) groups excluding carboxylic acids is 1. The maximum atomic E-state index is 11.5. The summed E-state index contributed by atoms with van der Waals surface area (Å²) < 4.78 is 1.89. The number of imidazole rings is 1. The van der Waals surface area contributed by atoms with Gasteiger partial charge in [0.2, 0.25) is 5.91 Å². The van der Waals surface area contributed by atoms with Gasteiger partial charge >= 0.3 is 0 Å². The number of hydrogen-bond donors (Lipinski definition) is 0. The van der Waals surface area contributed by atoms with Crippen molar-refractivity contribution >= 4 is 5.91 Å². The van der Waals surface area contributed by atoms with Crippen LogP contribution in [0.25, 0.3) is 0 Å². The van der Waals surface area contributed by atoms with Crippen LogP contribution in [0, 0.1) is 0 Å². The molecule has 1 fully saturated rings. The molecule has 1 saturated heterocycles. The molecule has 0 unspecified atom stereocenters. The normalized spacial score (nSPS) is 15.6. The molecule has 0 aromatic carbocycles. The van der Waals surface area contributed by atoms with Gasteiger partial charge in [-0.3, -0.25) is 4.79 Å². The van der Waals surface area contributed by atoms with Gasteiger partial charge in [-0.25, -0.2) is 4.98 Å². The van der Waals surface area contributed by atoms with Gasteiger partial charge in [-0.1, -0.05) is 0 Å². The second-order valence-electron chi connectivity index (χ2n) is 3.41. The van der Waals surface area contributed by atoms with E-state index in [4.69, 9.17) is 0 Å². The molecule has 1 aliphatic heterocycles. The third-order valence-corrected chi connectivity index (χ3v) is 2.46. The lowest BCUT2D eigenvalue weighted by Gasteiger charge is -2.30. The van der Waals surface area contributed by atoms with Crippen LogP contribution in [0.3, 0.4) is 0 Å². The smallest absolute Gasteiger partial charge is 0.228 e. The van der Waals surface area contributed by atoms with Crippen molar-refractivity contribution in [3.05, 3.63) is 18.2 Å². The van der Waals surface area contributed by atoms with Gasteiger partial charge in [0.15, 0.2) is 0 Å². The fraction of sp³-hybridized carbons (Fsp3) is 0.556. The van der Waals surface area contributed by atoms with E-state index in [1.165, 1.54) is 0 Å². The molecule has 0 aliphatic carbocycles. The molecular weight excluding hydrogens is 166 g/mol. The fourth-order valence-corrected chi connectivity index (χ4v) is 1.39. The summed E-state index contributed by atoms with van der Waals surface area (Å²) in [6, 6.07) is 0. The molecule has 4 nitrogen and oxygen atoms in total. The molecular formula is C9H13N3O. The van der Waals surface area contributed by atoms with Gasteiger partial charge in [-0.05, 0) is 6.42 Å². The second kappa shape index (κ2) is 3.20. The first-order valence-electron chi connectivity index (χ1n) is 4.50. The van der Waals surface area contributed by atoms with Crippen LogP contribution in [0.5, 0.6) is 0 Å². The molecule has 70 valence electrons. The third-order valence-electron chi connectivity index (χ3n) is 2.46. The van der Waals surface area contributed by atoms with E-state index in [2.05, 4.69) is 4.98 Å². The Labute approximate surface area is 77.2 Å². The highest BCUT2D eigenvalue weighted by Crippen LogP contribution is 2.09. The first-order chi connectivity index (χ1) is 6.27. The molecule has 0 N–H and O–H groups in total. The Morgan fingerprint density at radius 1 is 1.62 bits per heavy atom. The number of aromatic nitrogens is 2. The lowest BCUT2D eigenvalue weighted by atomic mass is 10.2. The van der Waals surface area contributed by atoms with E-state index in [1.807, 2.05) is 16.5 Å². The van der Waals surface area contributed by atoms with Gasteiger partial charge in [-0.15, -0.1) is 0 Å². The Morgan fingerprint density at radius 2 is 2.38 bits per heavy atom. The Kier molecular flexibility index (Phi) is 2.04. The summed E-state index contributed by atoms with van der Waals surface area (Å²) in [7, 11) is 1.91. The average molecular weight is 179 g/mol. The van der Waals surface area contributed by atoms with Crippen molar-refractivity contribution < 1.29 is 4.79 Å². The molecule has 1 aliphatic rings. The Bertz CT molecular complexity index is 314. The molecule has 1 aromatic heterocycles. The number of amides is 1. The zero-order valence-corrected chi connectivity index (χ0v) is 7.73. The number of hydrogen-bond acceptors (Lipinski definition) is 2. The summed E-state index contributed by atoms with van der Waals surface area (Å²) in [6.45, 7) is 1.85. The summed E-state index contributed by atoms with van der Waals surface area (Å²) in [5.41, 5.74) is 0.983. The van der Waals surface area contributed by atoms with Crippen LogP contribution in [0.4, 0.5) is 0 Å². The number of likely N-dealkylation sites (tertiary alicyclic amines) is 1. The maximum absolute atomic E-state index is 11.5. The van der Waals surface area contributed by atoms with Gasteiger partial charge in [0.1, 0.15) is 0 Å². The maximum Gasteiger partial charge on any atom is 0.228 e. The molecule has 0 saturated carbocycles. The van der Waals surface area contributed by atoms with E-state index >= 15 is 0 Å². The monoisotopic (exact) mass is 179 g/mol. The minimum Gasteiger partial charge on any atom is -0.342 e. The van der Waals surface area contributed by atoms with E-state index in [0.29, 0.717) is 6.42 Å². The van der Waals surface area contributed by atoms with Crippen molar-refractivity contribution in [3.63, 3.8) is 0 Å². The van der Waals surface area contributed by atoms with E-state index in [1.54, 1.807) is 12.5 Å². The summed E-state index contributed by atoms with van der Waals surface area (Å²) in [5, 5.41) is 0. The van der Waals surface area contributed by atoms with E-state index in [9.17, 15) is 4.79 Å². The number of rotatable bonds is 2. The van der Waals surface area contributed by atoms with E-state index in [-0.39, 0.29) is 5.91 Å². The summed E-state index contributed by atoms with van der Waals surface area (Å²) in [4.78, 5) is 17.4. The van der Waals surface area contributed by atoms with Gasteiger partial charge in [0.05, 0.1) is 12.7 Å². The number of aryl methyl sites for hydroxylation is 1. The zero-order valence-electron chi connectivity index (χ0n) is 7.73. The molecule has 13 heavy (non-hydrogen) atoms. The van der Waals surface area contributed by atoms with Crippen LogP contribution in [0.15, 0.2) is 12.5 Å². The highest BCUT2D eigenvalue weighted by Gasteiger charge is 2.20. The Balaban J connectivity index is 1.97. The summed E-state index contributed by atoms with van der Waals surface area (Å²) >= 11 is 0. The predicted molar refractivity (Wildman–Crippen MR) is 48.1 cm³/mol. The Morgan fingerprint density at radius 3 is 2.85 bits per heavy atom. The number of carbonyl (C=O) groups is 1. The zero-order chi connectivity index (χ0) is 9.26. The predicted octanol–water partition coefficient (Wildman–Crippen LogP) is 0.195. The molecule has 4 heteroatoms. The SMILES string of the molecule is Cn1cncc1CC(=O)N1CCC1. The lowest BCUT2D eigenvalue weighted by Crippen LogP contribution is -2.43.